The van der Waals surface area contributed by atoms with E-state index in [2.05, 4.69) is 20.8 Å². The molecule has 0 radical (unpaired) electrons. The molecule has 1 N–H and O–H groups in total. The quantitative estimate of drug-likeness (QED) is 0.345. The lowest BCUT2D eigenvalue weighted by atomic mass is 9.81. The van der Waals surface area contributed by atoms with Crippen LogP contribution in [0.4, 0.5) is 4.39 Å². The highest BCUT2D eigenvalue weighted by Crippen LogP contribution is 2.37. The van der Waals surface area contributed by atoms with Crippen LogP contribution in [0.5, 0.6) is 11.5 Å². The Kier molecular flexibility index (Phi) is 9.14. The Morgan fingerprint density at radius 2 is 1.58 bits per heavy atom. The number of hydrogen-bond acceptors (Lipinski definition) is 3. The van der Waals surface area contributed by atoms with Crippen molar-refractivity contribution < 1.29 is 23.8 Å². The Balaban J connectivity index is 0.00000112. The lowest BCUT2D eigenvalue weighted by Gasteiger charge is -2.24. The van der Waals surface area contributed by atoms with E-state index in [0.29, 0.717) is 23.7 Å². The first-order valence-corrected chi connectivity index (χ1v) is 12.5. The van der Waals surface area contributed by atoms with Gasteiger partial charge in [-0.05, 0) is 70.0 Å². The number of hydrogen-bond donors (Lipinski definition) is 1. The van der Waals surface area contributed by atoms with Gasteiger partial charge >= 0.3 is 5.97 Å². The summed E-state index contributed by atoms with van der Waals surface area (Å²) < 4.78 is 26.1. The molecule has 1 aliphatic rings. The third-order valence-corrected chi connectivity index (χ3v) is 6.04. The molecule has 4 nitrogen and oxygen atoms in total. The molecule has 0 bridgehead atoms. The third-order valence-electron chi connectivity index (χ3n) is 6.04. The molecule has 0 heterocycles. The summed E-state index contributed by atoms with van der Waals surface area (Å²) in [5.74, 6) is 0.109. The number of rotatable bonds is 8. The standard InChI is InChI=1S/C28H31FO4.C3H6/c1-18(14-27(30)31)20-7-9-21(10-8-20)33-17-19-6-12-25(28(2,3)4)23(15-19)24-16-22(32-5)11-13-26(24)29;1-2-3-1/h6-13,15-16,18H,14,17H2,1-5H3,(H,30,31);1-3H2. The molecule has 1 aliphatic carbocycles. The van der Waals surface area contributed by atoms with Crippen LogP contribution < -0.4 is 9.47 Å². The summed E-state index contributed by atoms with van der Waals surface area (Å²) in [7, 11) is 1.57. The van der Waals surface area contributed by atoms with E-state index in [9.17, 15) is 9.18 Å². The molecule has 1 fully saturated rings. The van der Waals surface area contributed by atoms with Crippen molar-refractivity contribution in [3.63, 3.8) is 0 Å². The smallest absolute Gasteiger partial charge is 0.303 e. The maximum absolute atomic E-state index is 14.8. The average Bonchev–Trinajstić information content (AvgIpc) is 3.72. The third kappa shape index (κ3) is 7.84. The Morgan fingerprint density at radius 1 is 0.944 bits per heavy atom. The molecule has 1 atom stereocenters. The van der Waals surface area contributed by atoms with Crippen LogP contribution in [0.25, 0.3) is 11.1 Å². The van der Waals surface area contributed by atoms with Gasteiger partial charge in [-0.1, -0.05) is 71.2 Å². The lowest BCUT2D eigenvalue weighted by Crippen LogP contribution is -2.13. The fourth-order valence-corrected chi connectivity index (χ4v) is 3.83. The predicted octanol–water partition coefficient (Wildman–Crippen LogP) is 8.13. The van der Waals surface area contributed by atoms with E-state index >= 15 is 0 Å². The highest BCUT2D eigenvalue weighted by Gasteiger charge is 2.21. The second kappa shape index (κ2) is 12.1. The van der Waals surface area contributed by atoms with E-state index in [0.717, 1.165) is 22.3 Å². The van der Waals surface area contributed by atoms with E-state index in [4.69, 9.17) is 14.6 Å². The molecule has 4 rings (SSSR count). The number of halogens is 1. The zero-order chi connectivity index (χ0) is 26.3. The van der Waals surface area contributed by atoms with Gasteiger partial charge < -0.3 is 14.6 Å². The number of carboxylic acid groups (broad SMARTS) is 1. The van der Waals surface area contributed by atoms with Gasteiger partial charge in [-0.15, -0.1) is 0 Å². The molecule has 0 amide bonds. The molecule has 0 aliphatic heterocycles. The van der Waals surface area contributed by atoms with Crippen LogP contribution in [0.3, 0.4) is 0 Å². The van der Waals surface area contributed by atoms with Crippen LogP contribution in [0.2, 0.25) is 0 Å². The van der Waals surface area contributed by atoms with Crippen LogP contribution in [0.15, 0.2) is 60.7 Å². The summed E-state index contributed by atoms with van der Waals surface area (Å²) in [6.07, 6.45) is 4.59. The Hall–Kier alpha value is -3.34. The van der Waals surface area contributed by atoms with E-state index < -0.39 is 5.97 Å². The first kappa shape index (κ1) is 27.3. The van der Waals surface area contributed by atoms with E-state index in [-0.39, 0.29) is 23.6 Å². The largest absolute Gasteiger partial charge is 0.497 e. The molecule has 3 aromatic rings. The lowest BCUT2D eigenvalue weighted by molar-refractivity contribution is -0.137. The minimum atomic E-state index is -0.815. The van der Waals surface area contributed by atoms with Crippen LogP contribution >= 0.6 is 0 Å². The zero-order valence-corrected chi connectivity index (χ0v) is 21.9. The number of carboxylic acids is 1. The normalized spacial score (nSPS) is 13.3. The number of ether oxygens (including phenoxy) is 2. The summed E-state index contributed by atoms with van der Waals surface area (Å²) in [6.45, 7) is 8.53. The van der Waals surface area contributed by atoms with Gasteiger partial charge in [0.25, 0.3) is 0 Å². The molecular weight excluding hydrogens is 455 g/mol. The van der Waals surface area contributed by atoms with Gasteiger partial charge in [-0.3, -0.25) is 4.79 Å². The maximum Gasteiger partial charge on any atom is 0.303 e. The number of aliphatic carboxylic acids is 1. The van der Waals surface area contributed by atoms with Gasteiger partial charge in [0.15, 0.2) is 0 Å². The van der Waals surface area contributed by atoms with Crippen LogP contribution in [-0.4, -0.2) is 18.2 Å². The fraction of sp³-hybridized carbons (Fsp3) is 0.387. The summed E-state index contributed by atoms with van der Waals surface area (Å²) >= 11 is 0. The van der Waals surface area contributed by atoms with Gasteiger partial charge in [0.1, 0.15) is 23.9 Å². The summed E-state index contributed by atoms with van der Waals surface area (Å²) in [5, 5.41) is 8.98. The Morgan fingerprint density at radius 3 is 2.14 bits per heavy atom. The van der Waals surface area contributed by atoms with Gasteiger partial charge in [-0.2, -0.15) is 0 Å². The highest BCUT2D eigenvalue weighted by molar-refractivity contribution is 5.71. The first-order chi connectivity index (χ1) is 17.1. The molecule has 0 saturated heterocycles. The van der Waals surface area contributed by atoms with Crippen molar-refractivity contribution in [2.24, 2.45) is 0 Å². The average molecular weight is 493 g/mol. The number of carbonyl (C=O) groups is 1. The predicted molar refractivity (Wildman–Crippen MR) is 142 cm³/mol. The molecule has 1 saturated carbocycles. The Labute approximate surface area is 214 Å². The molecular formula is C31H37FO4. The van der Waals surface area contributed by atoms with Crippen molar-refractivity contribution in [2.45, 2.75) is 71.3 Å². The van der Waals surface area contributed by atoms with E-state index in [1.54, 1.807) is 19.2 Å². The topological polar surface area (TPSA) is 55.8 Å². The van der Waals surface area contributed by atoms with Crippen molar-refractivity contribution in [3.8, 4) is 22.6 Å². The molecule has 192 valence electrons. The number of benzene rings is 3. The van der Waals surface area contributed by atoms with Crippen molar-refractivity contribution in [3.05, 3.63) is 83.2 Å². The summed E-state index contributed by atoms with van der Waals surface area (Å²) in [6, 6.07) is 18.3. The minimum absolute atomic E-state index is 0.0678. The molecule has 3 aromatic carbocycles. The molecule has 5 heteroatoms. The number of methoxy groups -OCH3 is 1. The molecule has 0 aromatic heterocycles. The van der Waals surface area contributed by atoms with Gasteiger partial charge in [0.2, 0.25) is 0 Å². The summed E-state index contributed by atoms with van der Waals surface area (Å²) in [4.78, 5) is 10.9. The van der Waals surface area contributed by atoms with Crippen LogP contribution in [0.1, 0.15) is 76.0 Å². The monoisotopic (exact) mass is 492 g/mol. The maximum atomic E-state index is 14.8. The van der Waals surface area contributed by atoms with Crippen molar-refractivity contribution in [1.29, 1.82) is 0 Å². The Bertz CT molecular complexity index is 1160. The minimum Gasteiger partial charge on any atom is -0.497 e. The van der Waals surface area contributed by atoms with E-state index in [1.165, 1.54) is 25.3 Å². The molecule has 0 spiro atoms. The van der Waals surface area contributed by atoms with Crippen molar-refractivity contribution in [1.82, 2.24) is 0 Å². The van der Waals surface area contributed by atoms with Gasteiger partial charge in [0, 0.05) is 5.56 Å². The zero-order valence-electron chi connectivity index (χ0n) is 21.9. The summed E-state index contributed by atoms with van der Waals surface area (Å²) in [5.41, 5.74) is 4.05. The first-order valence-electron chi connectivity index (χ1n) is 12.5. The molecule has 36 heavy (non-hydrogen) atoms. The van der Waals surface area contributed by atoms with Crippen molar-refractivity contribution in [2.75, 3.05) is 7.11 Å². The van der Waals surface area contributed by atoms with Gasteiger partial charge in [-0.25, -0.2) is 4.39 Å². The SMILES string of the molecule is C1CC1.COc1ccc(F)c(-c2cc(COc3ccc(C(C)CC(=O)O)cc3)ccc2C(C)(C)C)c1. The fourth-order valence-electron chi connectivity index (χ4n) is 3.83. The van der Waals surface area contributed by atoms with Crippen LogP contribution in [0, 0.1) is 5.82 Å². The van der Waals surface area contributed by atoms with E-state index in [1.807, 2.05) is 49.4 Å². The molecule has 1 unspecified atom stereocenters. The highest BCUT2D eigenvalue weighted by atomic mass is 19.1. The van der Waals surface area contributed by atoms with Crippen molar-refractivity contribution >= 4 is 5.97 Å². The second-order valence-electron chi connectivity index (χ2n) is 10.4. The van der Waals surface area contributed by atoms with Crippen LogP contribution in [-0.2, 0) is 16.8 Å². The second-order valence-corrected chi connectivity index (χ2v) is 10.4. The van der Waals surface area contributed by atoms with Gasteiger partial charge in [0.05, 0.1) is 13.5 Å².